The van der Waals surface area contributed by atoms with Gasteiger partial charge in [0.15, 0.2) is 5.13 Å². The van der Waals surface area contributed by atoms with Crippen LogP contribution < -0.4 is 15.8 Å². The molecular weight excluding hydrogens is 336 g/mol. The predicted octanol–water partition coefficient (Wildman–Crippen LogP) is 3.09. The molecule has 6 nitrogen and oxygen atoms in total. The summed E-state index contributed by atoms with van der Waals surface area (Å²) < 4.78 is 5.15. The Kier molecular flexibility index (Phi) is 5.55. The first kappa shape index (κ1) is 17.7. The smallest absolute Gasteiger partial charge is 0.273 e. The summed E-state index contributed by atoms with van der Waals surface area (Å²) in [4.78, 5) is 19.1. The van der Waals surface area contributed by atoms with Gasteiger partial charge in [-0.15, -0.1) is 11.3 Å². The summed E-state index contributed by atoms with van der Waals surface area (Å²) >= 11 is 1.42. The molecule has 1 aromatic heterocycles. The lowest BCUT2D eigenvalue weighted by molar-refractivity contribution is 0.0568. The summed E-state index contributed by atoms with van der Waals surface area (Å²) in [5.74, 6) is 1.38. The molecule has 2 aromatic rings. The van der Waals surface area contributed by atoms with Crippen molar-refractivity contribution >= 4 is 28.1 Å². The zero-order valence-corrected chi connectivity index (χ0v) is 15.4. The van der Waals surface area contributed by atoms with Crippen LogP contribution in [0.25, 0.3) is 0 Å². The first-order valence-corrected chi connectivity index (χ1v) is 9.36. The number of amides is 1. The lowest BCUT2D eigenvalue weighted by atomic mass is 9.92. The fraction of sp³-hybridized carbons (Fsp3) is 0.444. The van der Waals surface area contributed by atoms with Gasteiger partial charge in [0.2, 0.25) is 0 Å². The van der Waals surface area contributed by atoms with Crippen molar-refractivity contribution < 1.29 is 9.53 Å². The second-order valence-corrected chi connectivity index (χ2v) is 7.27. The molecule has 3 N–H and O–H groups in total. The number of aromatic nitrogens is 1. The van der Waals surface area contributed by atoms with E-state index in [1.807, 2.05) is 29.2 Å². The van der Waals surface area contributed by atoms with Crippen molar-refractivity contribution in [3.63, 3.8) is 0 Å². The average molecular weight is 360 g/mol. The molecule has 1 aromatic carbocycles. The summed E-state index contributed by atoms with van der Waals surface area (Å²) in [7, 11) is 1.64. The average Bonchev–Trinajstić information content (AvgIpc) is 3.10. The molecule has 1 saturated heterocycles. The van der Waals surface area contributed by atoms with Crippen LogP contribution >= 0.6 is 11.3 Å². The van der Waals surface area contributed by atoms with Gasteiger partial charge in [0, 0.05) is 30.2 Å². The zero-order valence-electron chi connectivity index (χ0n) is 14.6. The first-order valence-electron chi connectivity index (χ1n) is 8.48. The Bertz CT molecular complexity index is 716. The number of thiazole rings is 1. The van der Waals surface area contributed by atoms with Gasteiger partial charge >= 0.3 is 0 Å². The zero-order chi connectivity index (χ0) is 17.8. The molecule has 2 unspecified atom stereocenters. The molecule has 3 rings (SSSR count). The lowest BCUT2D eigenvalue weighted by Gasteiger charge is -2.37. The van der Waals surface area contributed by atoms with E-state index in [4.69, 9.17) is 10.5 Å². The van der Waals surface area contributed by atoms with Crippen LogP contribution in [0.15, 0.2) is 29.6 Å². The minimum absolute atomic E-state index is 0.0265. The fourth-order valence-electron chi connectivity index (χ4n) is 3.12. The van der Waals surface area contributed by atoms with E-state index >= 15 is 0 Å². The van der Waals surface area contributed by atoms with Gasteiger partial charge in [-0.3, -0.25) is 4.79 Å². The van der Waals surface area contributed by atoms with E-state index in [0.29, 0.717) is 23.3 Å². The molecule has 2 heterocycles. The molecular formula is C18H24N4O2S. The normalized spacial score (nSPS) is 20.4. The number of carbonyl (C=O) groups is 1. The summed E-state index contributed by atoms with van der Waals surface area (Å²) in [5, 5.41) is 5.72. The Labute approximate surface area is 152 Å². The monoisotopic (exact) mass is 360 g/mol. The molecule has 25 heavy (non-hydrogen) atoms. The molecule has 0 spiro atoms. The molecule has 2 atom stereocenters. The molecule has 0 saturated carbocycles. The third-order valence-corrected chi connectivity index (χ3v) is 5.33. The minimum atomic E-state index is -0.0265. The Hall–Kier alpha value is -2.12. The maximum absolute atomic E-state index is 12.8. The predicted molar refractivity (Wildman–Crippen MR) is 101 cm³/mol. The van der Waals surface area contributed by atoms with E-state index in [0.717, 1.165) is 30.8 Å². The third kappa shape index (κ3) is 4.11. The van der Waals surface area contributed by atoms with Crippen molar-refractivity contribution in [3.05, 3.63) is 35.3 Å². The van der Waals surface area contributed by atoms with Crippen LogP contribution in [-0.2, 0) is 0 Å². The van der Waals surface area contributed by atoms with Gasteiger partial charge < -0.3 is 20.7 Å². The highest BCUT2D eigenvalue weighted by Crippen LogP contribution is 2.26. The Morgan fingerprint density at radius 2 is 2.20 bits per heavy atom. The maximum Gasteiger partial charge on any atom is 0.273 e. The number of carbonyl (C=O) groups excluding carboxylic acids is 1. The summed E-state index contributed by atoms with van der Waals surface area (Å²) in [6.07, 6.45) is 1.98. The van der Waals surface area contributed by atoms with Crippen molar-refractivity contribution in [2.45, 2.75) is 25.8 Å². The lowest BCUT2D eigenvalue weighted by Crippen LogP contribution is -2.49. The molecule has 1 amide bonds. The number of piperidine rings is 1. The van der Waals surface area contributed by atoms with Crippen molar-refractivity contribution in [2.75, 3.05) is 25.5 Å². The highest BCUT2D eigenvalue weighted by Gasteiger charge is 2.30. The molecule has 0 radical (unpaired) electrons. The number of benzene rings is 1. The number of nitrogens with two attached hydrogens (primary N) is 1. The van der Waals surface area contributed by atoms with E-state index in [1.54, 1.807) is 12.5 Å². The van der Waals surface area contributed by atoms with Crippen LogP contribution in [0, 0.1) is 5.92 Å². The number of anilines is 2. The van der Waals surface area contributed by atoms with Gasteiger partial charge in [0.25, 0.3) is 5.91 Å². The highest BCUT2D eigenvalue weighted by molar-refractivity contribution is 7.14. The largest absolute Gasteiger partial charge is 0.497 e. The second-order valence-electron chi connectivity index (χ2n) is 6.41. The van der Waals surface area contributed by atoms with Crippen LogP contribution in [0.3, 0.4) is 0 Å². The summed E-state index contributed by atoms with van der Waals surface area (Å²) in [6.45, 7) is 3.46. The number of nitrogens with zero attached hydrogens (tertiary/aromatic N) is 2. The number of rotatable bonds is 5. The van der Waals surface area contributed by atoms with E-state index in [-0.39, 0.29) is 11.9 Å². The van der Waals surface area contributed by atoms with Crippen LogP contribution in [0.2, 0.25) is 0 Å². The Balaban J connectivity index is 1.68. The van der Waals surface area contributed by atoms with Crippen molar-refractivity contribution in [3.8, 4) is 5.75 Å². The summed E-state index contributed by atoms with van der Waals surface area (Å²) in [6, 6.07) is 7.69. The van der Waals surface area contributed by atoms with Crippen molar-refractivity contribution in [2.24, 2.45) is 11.7 Å². The van der Waals surface area contributed by atoms with Crippen LogP contribution in [0.4, 0.5) is 10.8 Å². The molecule has 0 bridgehead atoms. The van der Waals surface area contributed by atoms with Gasteiger partial charge in [0.05, 0.1) is 7.11 Å². The van der Waals surface area contributed by atoms with Gasteiger partial charge in [-0.25, -0.2) is 4.98 Å². The quantitative estimate of drug-likeness (QED) is 0.856. The van der Waals surface area contributed by atoms with E-state index in [2.05, 4.69) is 17.2 Å². The van der Waals surface area contributed by atoms with E-state index < -0.39 is 0 Å². The minimum Gasteiger partial charge on any atom is -0.497 e. The number of hydrogen-bond donors (Lipinski definition) is 2. The number of nitrogens with one attached hydrogen (secondary N) is 1. The van der Waals surface area contributed by atoms with Crippen LogP contribution in [-0.4, -0.2) is 42.0 Å². The number of hydrogen-bond acceptors (Lipinski definition) is 6. The van der Waals surface area contributed by atoms with Crippen molar-refractivity contribution in [1.29, 1.82) is 0 Å². The SMILES string of the molecule is COc1ccc(Nc2nc(C(=O)N3CCC(C)CC3CN)cs2)cc1. The standard InChI is InChI=1S/C18H24N4O2S/c1-12-7-8-22(14(9-12)10-19)17(23)16-11-25-18(21-16)20-13-3-5-15(24-2)6-4-13/h3-6,11-12,14H,7-10,19H2,1-2H3,(H,20,21). The maximum atomic E-state index is 12.8. The van der Waals surface area contributed by atoms with Crippen LogP contribution in [0.5, 0.6) is 5.75 Å². The molecule has 1 aliphatic heterocycles. The Morgan fingerprint density at radius 1 is 1.44 bits per heavy atom. The highest BCUT2D eigenvalue weighted by atomic mass is 32.1. The van der Waals surface area contributed by atoms with Crippen molar-refractivity contribution in [1.82, 2.24) is 9.88 Å². The first-order chi connectivity index (χ1) is 12.1. The van der Waals surface area contributed by atoms with Gasteiger partial charge in [-0.2, -0.15) is 0 Å². The molecule has 1 aliphatic rings. The number of ether oxygens (including phenoxy) is 1. The molecule has 1 fully saturated rings. The molecule has 134 valence electrons. The molecule has 0 aliphatic carbocycles. The van der Waals surface area contributed by atoms with E-state index in [9.17, 15) is 4.79 Å². The van der Waals surface area contributed by atoms with Gasteiger partial charge in [-0.1, -0.05) is 6.92 Å². The van der Waals surface area contributed by atoms with E-state index in [1.165, 1.54) is 11.3 Å². The third-order valence-electron chi connectivity index (χ3n) is 4.58. The topological polar surface area (TPSA) is 80.5 Å². The fourth-order valence-corrected chi connectivity index (χ4v) is 3.82. The number of methoxy groups -OCH3 is 1. The second kappa shape index (κ2) is 7.84. The Morgan fingerprint density at radius 3 is 2.88 bits per heavy atom. The molecule has 7 heteroatoms. The van der Waals surface area contributed by atoms with Crippen LogP contribution in [0.1, 0.15) is 30.3 Å². The van der Waals surface area contributed by atoms with Gasteiger partial charge in [0.1, 0.15) is 11.4 Å². The number of likely N-dealkylation sites (tertiary alicyclic amines) is 1. The van der Waals surface area contributed by atoms with Gasteiger partial charge in [-0.05, 0) is 43.0 Å². The summed E-state index contributed by atoms with van der Waals surface area (Å²) in [5.41, 5.74) is 7.25.